The van der Waals surface area contributed by atoms with Crippen LogP contribution in [0.5, 0.6) is 0 Å². The molecule has 3 rings (SSSR count). The minimum atomic E-state index is 0.680. The summed E-state index contributed by atoms with van der Waals surface area (Å²) in [5.74, 6) is 0. The van der Waals surface area contributed by atoms with Gasteiger partial charge in [-0.3, -0.25) is 0 Å². The van der Waals surface area contributed by atoms with Crippen molar-refractivity contribution in [2.75, 3.05) is 7.11 Å². The van der Waals surface area contributed by atoms with Gasteiger partial charge in [0.1, 0.15) is 0 Å². The molecule has 0 heterocycles. The lowest BCUT2D eigenvalue weighted by molar-refractivity contribution is 0.186. The van der Waals surface area contributed by atoms with Gasteiger partial charge in [0.25, 0.3) is 0 Å². The zero-order valence-corrected chi connectivity index (χ0v) is 9.58. The fourth-order valence-corrected chi connectivity index (χ4v) is 2.54. The van der Waals surface area contributed by atoms with Crippen LogP contribution in [0, 0.1) is 0 Å². The van der Waals surface area contributed by atoms with Crippen LogP contribution >= 0.6 is 0 Å². The molecule has 0 aliphatic heterocycles. The zero-order chi connectivity index (χ0) is 11.1. The molecule has 0 unspecified atom stereocenters. The van der Waals surface area contributed by atoms with Crippen molar-refractivity contribution in [3.63, 3.8) is 0 Å². The monoisotopic (exact) mass is 210 g/mol. The molecule has 0 N–H and O–H groups in total. The second kappa shape index (κ2) is 3.46. The maximum absolute atomic E-state index is 5.25. The van der Waals surface area contributed by atoms with Crippen LogP contribution in [0.4, 0.5) is 0 Å². The number of rotatable bonds is 2. The fraction of sp³-hybridized carbons (Fsp3) is 0.200. The lowest BCUT2D eigenvalue weighted by Gasteiger charge is -2.08. The number of hydrogen-bond donors (Lipinski definition) is 0. The van der Waals surface area contributed by atoms with Crippen LogP contribution in [-0.4, -0.2) is 7.11 Å². The predicted molar refractivity (Wildman–Crippen MR) is 68.2 cm³/mol. The molecule has 0 saturated heterocycles. The summed E-state index contributed by atoms with van der Waals surface area (Å²) in [6.45, 7) is 2.85. The fourth-order valence-electron chi connectivity index (χ4n) is 2.54. The van der Waals surface area contributed by atoms with Crippen LogP contribution < -0.4 is 0 Å². The van der Waals surface area contributed by atoms with Gasteiger partial charge in [-0.2, -0.15) is 0 Å². The van der Waals surface area contributed by atoms with E-state index in [-0.39, 0.29) is 0 Å². The molecule has 1 aliphatic rings. The Kier molecular flexibility index (Phi) is 2.08. The van der Waals surface area contributed by atoms with Gasteiger partial charge in [-0.05, 0) is 40.0 Å². The van der Waals surface area contributed by atoms with Crippen molar-refractivity contribution in [2.24, 2.45) is 0 Å². The maximum Gasteiger partial charge on any atom is 0.0719 e. The molecule has 2 aromatic carbocycles. The molecule has 0 spiro atoms. The summed E-state index contributed by atoms with van der Waals surface area (Å²) in [6.07, 6.45) is 2.26. The Morgan fingerprint density at radius 1 is 1.12 bits per heavy atom. The van der Waals surface area contributed by atoms with E-state index in [9.17, 15) is 0 Å². The highest BCUT2D eigenvalue weighted by Crippen LogP contribution is 2.37. The summed E-state index contributed by atoms with van der Waals surface area (Å²) in [5, 5.41) is 2.71. The Morgan fingerprint density at radius 3 is 2.81 bits per heavy atom. The van der Waals surface area contributed by atoms with E-state index >= 15 is 0 Å². The summed E-state index contributed by atoms with van der Waals surface area (Å²) < 4.78 is 5.25. The molecule has 0 aromatic heterocycles. The Morgan fingerprint density at radius 2 is 2.00 bits per heavy atom. The van der Waals surface area contributed by atoms with E-state index in [4.69, 9.17) is 4.74 Å². The van der Waals surface area contributed by atoms with Gasteiger partial charge < -0.3 is 4.74 Å². The third-order valence-corrected chi connectivity index (χ3v) is 3.26. The van der Waals surface area contributed by atoms with Crippen LogP contribution in [0.2, 0.25) is 0 Å². The van der Waals surface area contributed by atoms with Gasteiger partial charge in [0.15, 0.2) is 0 Å². The van der Waals surface area contributed by atoms with Gasteiger partial charge >= 0.3 is 0 Å². The number of benzene rings is 2. The van der Waals surface area contributed by atoms with Gasteiger partial charge in [0.2, 0.25) is 0 Å². The first-order valence-corrected chi connectivity index (χ1v) is 5.53. The standard InChI is InChI=1S/C15H14O/c1-10-8-11-4-3-5-14-12(9-16-2)6-7-13(10)15(11)14/h3-8H,9H2,1-2H3. The molecule has 0 radical (unpaired) electrons. The normalized spacial score (nSPS) is 13.2. The predicted octanol–water partition coefficient (Wildman–Crippen LogP) is 3.86. The third kappa shape index (κ3) is 1.22. The first-order chi connectivity index (χ1) is 7.81. The van der Waals surface area contributed by atoms with Gasteiger partial charge in [0, 0.05) is 7.11 Å². The van der Waals surface area contributed by atoms with Crippen molar-refractivity contribution in [2.45, 2.75) is 13.5 Å². The van der Waals surface area contributed by atoms with Gasteiger partial charge in [-0.1, -0.05) is 36.4 Å². The van der Waals surface area contributed by atoms with Crippen LogP contribution in [0.15, 0.2) is 30.3 Å². The number of methoxy groups -OCH3 is 1. The van der Waals surface area contributed by atoms with Crippen molar-refractivity contribution < 1.29 is 4.74 Å². The number of allylic oxidation sites excluding steroid dienone is 1. The highest BCUT2D eigenvalue weighted by atomic mass is 16.5. The van der Waals surface area contributed by atoms with Crippen molar-refractivity contribution in [3.05, 3.63) is 47.0 Å². The SMILES string of the molecule is COCc1ccc2c3c(cccc13)C=C2C. The van der Waals surface area contributed by atoms with Crippen LogP contribution in [0.1, 0.15) is 23.6 Å². The second-order valence-electron chi connectivity index (χ2n) is 4.30. The average molecular weight is 210 g/mol. The van der Waals surface area contributed by atoms with Crippen LogP contribution in [0.3, 0.4) is 0 Å². The van der Waals surface area contributed by atoms with E-state index in [1.165, 1.54) is 33.0 Å². The summed E-state index contributed by atoms with van der Waals surface area (Å²) in [6, 6.07) is 10.9. The number of hydrogen-bond acceptors (Lipinski definition) is 1. The summed E-state index contributed by atoms with van der Waals surface area (Å²) in [5.41, 5.74) is 5.33. The molecular weight excluding hydrogens is 196 g/mol. The number of ether oxygens (including phenoxy) is 1. The Labute approximate surface area is 95.4 Å². The van der Waals surface area contributed by atoms with E-state index in [2.05, 4.69) is 43.3 Å². The molecule has 1 nitrogen and oxygen atoms in total. The molecule has 0 bridgehead atoms. The van der Waals surface area contributed by atoms with Crippen molar-refractivity contribution in [3.8, 4) is 0 Å². The molecule has 0 fully saturated rings. The minimum absolute atomic E-state index is 0.680. The van der Waals surface area contributed by atoms with Crippen LogP contribution in [0.25, 0.3) is 22.4 Å². The quantitative estimate of drug-likeness (QED) is 0.731. The molecule has 1 heteroatoms. The minimum Gasteiger partial charge on any atom is -0.380 e. The van der Waals surface area contributed by atoms with Crippen molar-refractivity contribution >= 4 is 22.4 Å². The van der Waals surface area contributed by atoms with Gasteiger partial charge in [-0.15, -0.1) is 0 Å². The van der Waals surface area contributed by atoms with Gasteiger partial charge in [0.05, 0.1) is 6.61 Å². The summed E-state index contributed by atoms with van der Waals surface area (Å²) in [4.78, 5) is 0. The molecule has 0 amide bonds. The molecule has 1 aliphatic carbocycles. The molecule has 0 saturated carbocycles. The van der Waals surface area contributed by atoms with E-state index in [1.807, 2.05) is 0 Å². The lowest BCUT2D eigenvalue weighted by atomic mass is 9.98. The highest BCUT2D eigenvalue weighted by molar-refractivity contribution is 6.09. The van der Waals surface area contributed by atoms with E-state index in [0.717, 1.165) is 0 Å². The van der Waals surface area contributed by atoms with Crippen molar-refractivity contribution in [1.29, 1.82) is 0 Å². The summed E-state index contributed by atoms with van der Waals surface area (Å²) in [7, 11) is 1.74. The topological polar surface area (TPSA) is 9.23 Å². The second-order valence-corrected chi connectivity index (χ2v) is 4.30. The van der Waals surface area contributed by atoms with E-state index in [1.54, 1.807) is 7.11 Å². The molecule has 80 valence electrons. The summed E-state index contributed by atoms with van der Waals surface area (Å²) >= 11 is 0. The Bertz CT molecular complexity index is 594. The lowest BCUT2D eigenvalue weighted by Crippen LogP contribution is -1.91. The average Bonchev–Trinajstić information content (AvgIpc) is 2.61. The van der Waals surface area contributed by atoms with E-state index < -0.39 is 0 Å². The van der Waals surface area contributed by atoms with Crippen molar-refractivity contribution in [1.82, 2.24) is 0 Å². The van der Waals surface area contributed by atoms with Gasteiger partial charge in [-0.25, -0.2) is 0 Å². The largest absolute Gasteiger partial charge is 0.380 e. The Balaban J connectivity index is 2.36. The smallest absolute Gasteiger partial charge is 0.0719 e. The first-order valence-electron chi connectivity index (χ1n) is 5.53. The molecule has 0 atom stereocenters. The maximum atomic E-state index is 5.25. The molecular formula is C15H14O. The first kappa shape index (κ1) is 9.61. The highest BCUT2D eigenvalue weighted by Gasteiger charge is 2.14. The third-order valence-electron chi connectivity index (χ3n) is 3.26. The zero-order valence-electron chi connectivity index (χ0n) is 9.58. The van der Waals surface area contributed by atoms with E-state index in [0.29, 0.717) is 6.61 Å². The molecule has 16 heavy (non-hydrogen) atoms. The Hall–Kier alpha value is -1.60. The molecule has 2 aromatic rings. The van der Waals surface area contributed by atoms with Crippen LogP contribution in [-0.2, 0) is 11.3 Å².